The average Bonchev–Trinajstić information content (AvgIpc) is 2.67. The van der Waals surface area contributed by atoms with Gasteiger partial charge in [-0.1, -0.05) is 64.2 Å². The molecule has 0 amide bonds. The lowest BCUT2D eigenvalue weighted by Crippen LogP contribution is -1.47. The van der Waals surface area contributed by atoms with Crippen LogP contribution in [0.25, 0.3) is 0 Å². The molecule has 0 aromatic rings. The van der Waals surface area contributed by atoms with Gasteiger partial charge in [-0.25, -0.2) is 0 Å². The maximum Gasteiger partial charge on any atom is -0.0533 e. The van der Waals surface area contributed by atoms with Crippen molar-refractivity contribution >= 4 is 0 Å². The second-order valence-electron chi connectivity index (χ2n) is 3.54. The molecule has 0 N–H and O–H groups in total. The highest BCUT2D eigenvalue weighted by molar-refractivity contribution is 4.51. The van der Waals surface area contributed by atoms with Gasteiger partial charge in [0.1, 0.15) is 0 Å². The van der Waals surface area contributed by atoms with Crippen LogP contribution in [-0.2, 0) is 0 Å². The molecule has 2 aliphatic carbocycles. The summed E-state index contributed by atoms with van der Waals surface area (Å²) in [5, 5.41) is 0. The van der Waals surface area contributed by atoms with Gasteiger partial charge in [-0.3, -0.25) is 0 Å². The maximum atomic E-state index is 1.50. The third kappa shape index (κ3) is 3.92. The Bertz CT molecular complexity index is 33.2. The van der Waals surface area contributed by atoms with E-state index in [1.54, 1.807) is 0 Å². The number of hydrogen-bond donors (Lipinski definition) is 0. The van der Waals surface area contributed by atoms with E-state index < -0.39 is 0 Å². The Morgan fingerprint density at radius 2 is 0.300 bits per heavy atom. The minimum absolute atomic E-state index is 1.50. The highest BCUT2D eigenvalue weighted by Gasteiger charge is 1.95. The second-order valence-corrected chi connectivity index (χ2v) is 3.54. The van der Waals surface area contributed by atoms with Gasteiger partial charge < -0.3 is 0 Å². The van der Waals surface area contributed by atoms with E-state index in [9.17, 15) is 0 Å². The zero-order valence-corrected chi connectivity index (χ0v) is 7.07. The highest BCUT2D eigenvalue weighted by atomic mass is 14.0. The maximum absolute atomic E-state index is 1.50. The fourth-order valence-corrected chi connectivity index (χ4v) is 1.77. The van der Waals surface area contributed by atoms with Crippen LogP contribution in [0.1, 0.15) is 64.2 Å². The summed E-state index contributed by atoms with van der Waals surface area (Å²) in [4.78, 5) is 0. The minimum atomic E-state index is 1.50. The van der Waals surface area contributed by atoms with Crippen LogP contribution < -0.4 is 0 Å². The molecule has 0 saturated heterocycles. The zero-order valence-electron chi connectivity index (χ0n) is 7.07. The van der Waals surface area contributed by atoms with Gasteiger partial charge in [-0.15, -0.1) is 0 Å². The molecule has 2 aliphatic rings. The third-order valence-corrected chi connectivity index (χ3v) is 2.50. The molecule has 0 atom stereocenters. The lowest BCUT2D eigenvalue weighted by atomic mass is 10.4. The monoisotopic (exact) mass is 140 g/mol. The standard InChI is InChI=1S/2C5H10/c2*1-2-4-5-3-1/h2*1-5H2. The van der Waals surface area contributed by atoms with Crippen LogP contribution in [0, 0.1) is 0 Å². The molecule has 0 aromatic carbocycles. The normalized spacial score (nSPS) is 24.0. The fraction of sp³-hybridized carbons (Fsp3) is 1.00. The molecule has 0 unspecified atom stereocenters. The molecule has 0 spiro atoms. The summed E-state index contributed by atoms with van der Waals surface area (Å²) in [6.45, 7) is 0. The van der Waals surface area contributed by atoms with E-state index in [4.69, 9.17) is 0 Å². The van der Waals surface area contributed by atoms with Crippen molar-refractivity contribution in [2.24, 2.45) is 0 Å². The van der Waals surface area contributed by atoms with E-state index in [0.717, 1.165) is 0 Å². The Labute approximate surface area is 65.0 Å². The Morgan fingerprint density at radius 1 is 0.200 bits per heavy atom. The molecular weight excluding hydrogens is 120 g/mol. The first-order valence-corrected chi connectivity index (χ1v) is 5.00. The van der Waals surface area contributed by atoms with Gasteiger partial charge in [0.15, 0.2) is 0 Å². The van der Waals surface area contributed by atoms with Crippen LogP contribution in [0.3, 0.4) is 0 Å². The molecule has 2 rings (SSSR count). The molecule has 0 radical (unpaired) electrons. The smallest absolute Gasteiger partial charge is 0.0533 e. The first kappa shape index (κ1) is 8.10. The van der Waals surface area contributed by atoms with Crippen molar-refractivity contribution in [2.75, 3.05) is 0 Å². The second kappa shape index (κ2) is 5.76. The molecule has 2 saturated carbocycles. The Balaban J connectivity index is 0.0000001000. The van der Waals surface area contributed by atoms with Gasteiger partial charge in [-0.2, -0.15) is 0 Å². The summed E-state index contributed by atoms with van der Waals surface area (Å²) >= 11 is 0. The predicted molar refractivity (Wildman–Crippen MR) is 46.2 cm³/mol. The van der Waals surface area contributed by atoms with Crippen molar-refractivity contribution in [1.82, 2.24) is 0 Å². The van der Waals surface area contributed by atoms with Crippen molar-refractivity contribution in [3.05, 3.63) is 0 Å². The van der Waals surface area contributed by atoms with Crippen LogP contribution in [0.5, 0.6) is 0 Å². The van der Waals surface area contributed by atoms with E-state index in [1.807, 2.05) is 0 Å². The third-order valence-electron chi connectivity index (χ3n) is 2.50. The van der Waals surface area contributed by atoms with E-state index >= 15 is 0 Å². The van der Waals surface area contributed by atoms with Crippen molar-refractivity contribution in [3.8, 4) is 0 Å². The molecule has 60 valence electrons. The van der Waals surface area contributed by atoms with Crippen molar-refractivity contribution in [3.63, 3.8) is 0 Å². The van der Waals surface area contributed by atoms with Crippen molar-refractivity contribution in [2.45, 2.75) is 64.2 Å². The van der Waals surface area contributed by atoms with Crippen molar-refractivity contribution in [1.29, 1.82) is 0 Å². The number of rotatable bonds is 0. The minimum Gasteiger partial charge on any atom is -0.0533 e. The van der Waals surface area contributed by atoms with E-state index in [1.165, 1.54) is 64.2 Å². The SMILES string of the molecule is C1CCCC1.C1CCCC1. The Morgan fingerprint density at radius 3 is 0.400 bits per heavy atom. The summed E-state index contributed by atoms with van der Waals surface area (Å²) in [6, 6.07) is 0. The van der Waals surface area contributed by atoms with Crippen LogP contribution >= 0.6 is 0 Å². The van der Waals surface area contributed by atoms with Crippen LogP contribution in [0.15, 0.2) is 0 Å². The van der Waals surface area contributed by atoms with Crippen LogP contribution in [0.4, 0.5) is 0 Å². The molecule has 0 heteroatoms. The molecule has 2 fully saturated rings. The lowest BCUT2D eigenvalue weighted by molar-refractivity contribution is 0.886. The van der Waals surface area contributed by atoms with Gasteiger partial charge in [0, 0.05) is 0 Å². The molecule has 0 bridgehead atoms. The fourth-order valence-electron chi connectivity index (χ4n) is 1.77. The highest BCUT2D eigenvalue weighted by Crippen LogP contribution is 2.15. The van der Waals surface area contributed by atoms with Crippen LogP contribution in [0.2, 0.25) is 0 Å². The summed E-state index contributed by atoms with van der Waals surface area (Å²) in [6.07, 6.45) is 15.0. The van der Waals surface area contributed by atoms with Gasteiger partial charge in [-0.05, 0) is 0 Å². The Kier molecular flexibility index (Phi) is 4.67. The predicted octanol–water partition coefficient (Wildman–Crippen LogP) is 3.90. The largest absolute Gasteiger partial charge is 0.0533 e. The summed E-state index contributed by atoms with van der Waals surface area (Å²) in [5.41, 5.74) is 0. The summed E-state index contributed by atoms with van der Waals surface area (Å²) < 4.78 is 0. The Hall–Kier alpha value is 0. The first-order chi connectivity index (χ1) is 5.00. The molecule has 0 aliphatic heterocycles. The molecule has 0 aromatic heterocycles. The first-order valence-electron chi connectivity index (χ1n) is 5.00. The lowest BCUT2D eigenvalue weighted by Gasteiger charge is -1.67. The molecule has 0 heterocycles. The number of hydrogen-bond acceptors (Lipinski definition) is 0. The van der Waals surface area contributed by atoms with Crippen molar-refractivity contribution < 1.29 is 0 Å². The van der Waals surface area contributed by atoms with Crippen LogP contribution in [-0.4, -0.2) is 0 Å². The van der Waals surface area contributed by atoms with Gasteiger partial charge in [0.2, 0.25) is 0 Å². The van der Waals surface area contributed by atoms with E-state index in [2.05, 4.69) is 0 Å². The van der Waals surface area contributed by atoms with E-state index in [-0.39, 0.29) is 0 Å². The van der Waals surface area contributed by atoms with Gasteiger partial charge in [0.05, 0.1) is 0 Å². The molecular formula is C10H20. The summed E-state index contributed by atoms with van der Waals surface area (Å²) in [7, 11) is 0. The average molecular weight is 140 g/mol. The van der Waals surface area contributed by atoms with Gasteiger partial charge >= 0.3 is 0 Å². The topological polar surface area (TPSA) is 0 Å². The molecule has 10 heavy (non-hydrogen) atoms. The van der Waals surface area contributed by atoms with E-state index in [0.29, 0.717) is 0 Å². The quantitative estimate of drug-likeness (QED) is 0.478. The zero-order chi connectivity index (χ0) is 7.07. The molecule has 0 nitrogen and oxygen atoms in total. The van der Waals surface area contributed by atoms with Gasteiger partial charge in [0.25, 0.3) is 0 Å². The summed E-state index contributed by atoms with van der Waals surface area (Å²) in [5.74, 6) is 0.